The van der Waals surface area contributed by atoms with Crippen molar-refractivity contribution in [3.8, 4) is 28.5 Å². The lowest BCUT2D eigenvalue weighted by Crippen LogP contribution is -2.16. The van der Waals surface area contributed by atoms with Crippen LogP contribution in [0.15, 0.2) is 54.1 Å². The number of aromatic nitrogens is 6. The molecule has 0 unspecified atom stereocenters. The average Bonchev–Trinajstić information content (AvgIpc) is 3.52. The Morgan fingerprint density at radius 1 is 1.06 bits per heavy atom. The molecule has 178 valence electrons. The van der Waals surface area contributed by atoms with E-state index >= 15 is 8.78 Å². The molecule has 0 fully saturated rings. The quantitative estimate of drug-likeness (QED) is 0.323. The molecular weight excluding hydrogens is 487 g/mol. The number of imidazole rings is 1. The van der Waals surface area contributed by atoms with E-state index in [0.717, 1.165) is 24.7 Å². The number of hydrogen-bond acceptors (Lipinski definition) is 7. The van der Waals surface area contributed by atoms with E-state index in [1.165, 1.54) is 25.4 Å². The first-order chi connectivity index (χ1) is 16.8. The molecule has 0 aliphatic carbocycles. The van der Waals surface area contributed by atoms with Crippen LogP contribution in [0.4, 0.5) is 18.9 Å². The minimum absolute atomic E-state index is 0.107. The minimum atomic E-state index is -4.44. The zero-order valence-electron chi connectivity index (χ0n) is 17.7. The maximum Gasteiger partial charge on any atom is 0.268 e. The summed E-state index contributed by atoms with van der Waals surface area (Å²) in [6.07, 6.45) is 5.09. The van der Waals surface area contributed by atoms with Gasteiger partial charge in [0.25, 0.3) is 10.0 Å². The number of halogens is 3. The number of hydrogen-bond donors (Lipinski definition) is 3. The van der Waals surface area contributed by atoms with Crippen LogP contribution >= 0.6 is 0 Å². The van der Waals surface area contributed by atoms with Crippen molar-refractivity contribution in [2.45, 2.75) is 4.90 Å². The smallest absolute Gasteiger partial charge is 0.268 e. The molecule has 35 heavy (non-hydrogen) atoms. The van der Waals surface area contributed by atoms with Gasteiger partial charge < -0.3 is 9.72 Å². The first kappa shape index (κ1) is 22.3. The Balaban J connectivity index is 1.60. The number of nitrogens with one attached hydrogen (secondary N) is 3. The monoisotopic (exact) mass is 501 g/mol. The Hall–Kier alpha value is -4.46. The summed E-state index contributed by atoms with van der Waals surface area (Å²) in [5.41, 5.74) is -1.62. The number of H-pyrrole nitrogens is 2. The second-order valence-corrected chi connectivity index (χ2v) is 8.80. The fourth-order valence-electron chi connectivity index (χ4n) is 3.54. The molecule has 5 aromatic rings. The van der Waals surface area contributed by atoms with E-state index in [0.29, 0.717) is 16.9 Å². The Kier molecular flexibility index (Phi) is 5.36. The van der Waals surface area contributed by atoms with Gasteiger partial charge in [-0.25, -0.2) is 36.5 Å². The molecule has 0 spiro atoms. The van der Waals surface area contributed by atoms with Crippen LogP contribution < -0.4 is 9.46 Å². The Morgan fingerprint density at radius 2 is 1.89 bits per heavy atom. The minimum Gasteiger partial charge on any atom is -0.480 e. The van der Waals surface area contributed by atoms with Gasteiger partial charge in [-0.3, -0.25) is 9.82 Å². The van der Waals surface area contributed by atoms with Crippen LogP contribution in [0.3, 0.4) is 0 Å². The zero-order chi connectivity index (χ0) is 24.7. The van der Waals surface area contributed by atoms with E-state index in [1.54, 1.807) is 6.20 Å². The second-order valence-electron chi connectivity index (χ2n) is 7.15. The highest BCUT2D eigenvalue weighted by molar-refractivity contribution is 7.92. The van der Waals surface area contributed by atoms with Crippen molar-refractivity contribution in [3.63, 3.8) is 0 Å². The third kappa shape index (κ3) is 3.73. The first-order valence-electron chi connectivity index (χ1n) is 9.83. The molecule has 0 amide bonds. The zero-order valence-corrected chi connectivity index (χ0v) is 18.5. The molecule has 0 saturated carbocycles. The molecule has 0 saturated heterocycles. The van der Waals surface area contributed by atoms with Crippen LogP contribution in [0.25, 0.3) is 33.5 Å². The second kappa shape index (κ2) is 8.39. The van der Waals surface area contributed by atoms with Crippen molar-refractivity contribution in [1.29, 1.82) is 0 Å². The van der Waals surface area contributed by atoms with Gasteiger partial charge in [-0.15, -0.1) is 0 Å². The summed E-state index contributed by atoms with van der Waals surface area (Å²) in [5, 5.41) is 6.87. The summed E-state index contributed by atoms with van der Waals surface area (Å²) in [7, 11) is -3.24. The van der Waals surface area contributed by atoms with Gasteiger partial charge in [0, 0.05) is 23.3 Å². The van der Waals surface area contributed by atoms with Gasteiger partial charge in [0.05, 0.1) is 24.6 Å². The molecular formula is C21H14F3N7O3S. The van der Waals surface area contributed by atoms with Crippen LogP contribution in [-0.2, 0) is 10.0 Å². The fourth-order valence-corrected chi connectivity index (χ4v) is 4.67. The predicted octanol–water partition coefficient (Wildman–Crippen LogP) is 3.64. The number of rotatable bonds is 6. The van der Waals surface area contributed by atoms with Crippen molar-refractivity contribution in [3.05, 3.63) is 66.6 Å². The van der Waals surface area contributed by atoms with Crippen LogP contribution in [0.1, 0.15) is 0 Å². The van der Waals surface area contributed by atoms with Crippen LogP contribution in [0.5, 0.6) is 5.88 Å². The molecule has 3 N–H and O–H groups in total. The highest BCUT2D eigenvalue weighted by Gasteiger charge is 2.26. The number of aromatic amines is 2. The molecule has 14 heteroatoms. The normalized spacial score (nSPS) is 11.7. The number of sulfonamides is 1. The number of nitrogens with zero attached hydrogens (tertiary/aromatic N) is 4. The molecule has 10 nitrogen and oxygen atoms in total. The van der Waals surface area contributed by atoms with E-state index in [4.69, 9.17) is 4.74 Å². The largest absolute Gasteiger partial charge is 0.480 e. The summed E-state index contributed by atoms with van der Waals surface area (Å²) in [4.78, 5) is 13.8. The summed E-state index contributed by atoms with van der Waals surface area (Å²) in [5.74, 6) is -3.32. The fraction of sp³-hybridized carbons (Fsp3) is 0.0476. The lowest BCUT2D eigenvalue weighted by atomic mass is 10.0. The number of methoxy groups -OCH3 is 1. The molecule has 0 bridgehead atoms. The molecule has 2 aromatic carbocycles. The third-order valence-electron chi connectivity index (χ3n) is 5.13. The van der Waals surface area contributed by atoms with Crippen LogP contribution in [0, 0.1) is 17.5 Å². The van der Waals surface area contributed by atoms with Crippen molar-refractivity contribution in [1.82, 2.24) is 30.1 Å². The maximum atomic E-state index is 15.4. The van der Waals surface area contributed by atoms with Gasteiger partial charge in [0.15, 0.2) is 22.4 Å². The highest BCUT2D eigenvalue weighted by Crippen LogP contribution is 2.37. The molecule has 0 atom stereocenters. The maximum absolute atomic E-state index is 15.4. The molecule has 0 radical (unpaired) electrons. The predicted molar refractivity (Wildman–Crippen MR) is 118 cm³/mol. The molecule has 3 aromatic heterocycles. The van der Waals surface area contributed by atoms with E-state index in [2.05, 4.69) is 30.1 Å². The molecule has 0 aliphatic heterocycles. The van der Waals surface area contributed by atoms with E-state index in [1.807, 2.05) is 4.72 Å². The van der Waals surface area contributed by atoms with Gasteiger partial charge in [-0.05, 0) is 18.2 Å². The molecule has 5 rings (SSSR count). The van der Waals surface area contributed by atoms with Crippen molar-refractivity contribution in [2.24, 2.45) is 0 Å². The number of ether oxygens (including phenoxy) is 1. The van der Waals surface area contributed by atoms with Crippen molar-refractivity contribution in [2.75, 3.05) is 11.8 Å². The average molecular weight is 501 g/mol. The Bertz CT molecular complexity index is 1670. The van der Waals surface area contributed by atoms with E-state index in [9.17, 15) is 12.8 Å². The summed E-state index contributed by atoms with van der Waals surface area (Å²) >= 11 is 0. The molecule has 3 heterocycles. The van der Waals surface area contributed by atoms with Gasteiger partial charge >= 0.3 is 0 Å². The number of fused-ring (bicyclic) bond motifs is 1. The van der Waals surface area contributed by atoms with Crippen molar-refractivity contribution < 1.29 is 26.3 Å². The standard InChI is InChI=1S/C21H14F3N7O3S/c1-34-21-14(8-25-9-28-21)35(32,33)31-13-5-4-12(22)15(17(13)24)10-2-3-11-18(16(10)23)29-30-19(11)20-26-6-7-27-20/h2-9,31H,1H3,(H,26,27)(H,29,30). The lowest BCUT2D eigenvalue weighted by Gasteiger charge is -2.14. The van der Waals surface area contributed by atoms with E-state index < -0.39 is 49.2 Å². The topological polar surface area (TPSA) is 139 Å². The van der Waals surface area contributed by atoms with Gasteiger partial charge in [-0.1, -0.05) is 6.07 Å². The Morgan fingerprint density at radius 3 is 2.63 bits per heavy atom. The van der Waals surface area contributed by atoms with Gasteiger partial charge in [-0.2, -0.15) is 5.10 Å². The summed E-state index contributed by atoms with van der Waals surface area (Å²) < 4.78 is 78.1. The lowest BCUT2D eigenvalue weighted by molar-refractivity contribution is 0.383. The highest BCUT2D eigenvalue weighted by atomic mass is 32.2. The summed E-state index contributed by atoms with van der Waals surface area (Å²) in [6.45, 7) is 0. The number of benzene rings is 2. The van der Waals surface area contributed by atoms with Crippen LogP contribution in [-0.4, -0.2) is 45.7 Å². The molecule has 0 aliphatic rings. The van der Waals surface area contributed by atoms with Gasteiger partial charge in [0.2, 0.25) is 5.88 Å². The van der Waals surface area contributed by atoms with Crippen molar-refractivity contribution >= 4 is 26.6 Å². The number of anilines is 1. The van der Waals surface area contributed by atoms with Crippen LogP contribution in [0.2, 0.25) is 0 Å². The first-order valence-corrected chi connectivity index (χ1v) is 11.3. The SMILES string of the molecule is COc1ncncc1S(=O)(=O)Nc1ccc(F)c(-c2ccc3c(-c4ncc[nH]4)n[nH]c3c2F)c1F. The third-order valence-corrected chi connectivity index (χ3v) is 6.48. The Labute approximate surface area is 195 Å². The summed E-state index contributed by atoms with van der Waals surface area (Å²) in [6, 6.07) is 4.30. The van der Waals surface area contributed by atoms with E-state index in [-0.39, 0.29) is 11.4 Å². The van der Waals surface area contributed by atoms with Gasteiger partial charge in [0.1, 0.15) is 23.4 Å².